The van der Waals surface area contributed by atoms with Crippen LogP contribution in [0.4, 0.5) is 0 Å². The van der Waals surface area contributed by atoms with Gasteiger partial charge >= 0.3 is 0 Å². The van der Waals surface area contributed by atoms with Crippen molar-refractivity contribution >= 4 is 35.6 Å². The zero-order chi connectivity index (χ0) is 15.5. The fraction of sp³-hybridized carbons (Fsp3) is 0.625. The van der Waals surface area contributed by atoms with Crippen molar-refractivity contribution in [2.75, 3.05) is 39.8 Å². The van der Waals surface area contributed by atoms with Gasteiger partial charge in [-0.3, -0.25) is 9.59 Å². The second-order valence-electron chi connectivity index (χ2n) is 6.07. The van der Waals surface area contributed by atoms with Crippen LogP contribution in [0.3, 0.4) is 0 Å². The lowest BCUT2D eigenvalue weighted by Crippen LogP contribution is -2.50. The topological polar surface area (TPSA) is 52.7 Å². The van der Waals surface area contributed by atoms with Crippen molar-refractivity contribution in [3.05, 3.63) is 21.9 Å². The number of thiophene rings is 1. The van der Waals surface area contributed by atoms with Crippen molar-refractivity contribution in [2.45, 2.75) is 25.2 Å². The Labute approximate surface area is 147 Å². The number of nitrogens with zero attached hydrogens (tertiary/aromatic N) is 2. The molecule has 3 rings (SSSR count). The van der Waals surface area contributed by atoms with Gasteiger partial charge in [-0.15, -0.1) is 23.7 Å². The smallest absolute Gasteiger partial charge is 0.242 e. The Morgan fingerprint density at radius 1 is 1.39 bits per heavy atom. The van der Waals surface area contributed by atoms with Crippen LogP contribution in [-0.2, 0) is 16.0 Å². The number of hydrogen-bond acceptors (Lipinski definition) is 4. The van der Waals surface area contributed by atoms with Crippen molar-refractivity contribution in [1.82, 2.24) is 15.1 Å². The van der Waals surface area contributed by atoms with E-state index in [1.807, 2.05) is 4.90 Å². The summed E-state index contributed by atoms with van der Waals surface area (Å²) in [5.41, 5.74) is 1.18. The van der Waals surface area contributed by atoms with Gasteiger partial charge in [0.15, 0.2) is 0 Å². The van der Waals surface area contributed by atoms with Crippen LogP contribution in [0, 0.1) is 0 Å². The predicted octanol–water partition coefficient (Wildman–Crippen LogP) is 1.48. The van der Waals surface area contributed by atoms with E-state index in [2.05, 4.69) is 16.8 Å². The first kappa shape index (κ1) is 18.2. The molecule has 1 aromatic rings. The second-order valence-corrected chi connectivity index (χ2v) is 7.07. The molecule has 128 valence electrons. The fourth-order valence-corrected chi connectivity index (χ4v) is 4.29. The van der Waals surface area contributed by atoms with Crippen LogP contribution >= 0.6 is 23.7 Å². The summed E-state index contributed by atoms with van der Waals surface area (Å²) in [6.45, 7) is 3.33. The van der Waals surface area contributed by atoms with E-state index >= 15 is 0 Å². The van der Waals surface area contributed by atoms with Crippen LogP contribution in [0.5, 0.6) is 0 Å². The lowest BCUT2D eigenvalue weighted by molar-refractivity contribution is -0.140. The van der Waals surface area contributed by atoms with E-state index < -0.39 is 0 Å². The molecule has 2 aliphatic rings. The normalized spacial score (nSPS) is 20.4. The Morgan fingerprint density at radius 3 is 2.87 bits per heavy atom. The third-order valence-corrected chi connectivity index (χ3v) is 5.56. The number of nitrogens with one attached hydrogen (secondary N) is 1. The summed E-state index contributed by atoms with van der Waals surface area (Å²) in [6, 6.07) is 2.08. The number of carbonyl (C=O) groups is 2. The van der Waals surface area contributed by atoms with E-state index in [-0.39, 0.29) is 36.7 Å². The number of piperazine rings is 1. The molecule has 0 bridgehead atoms. The third-order valence-electron chi connectivity index (χ3n) is 4.57. The summed E-state index contributed by atoms with van der Waals surface area (Å²) in [5, 5.41) is 5.30. The van der Waals surface area contributed by atoms with Crippen LogP contribution in [-0.4, -0.2) is 61.4 Å². The number of rotatable bonds is 3. The van der Waals surface area contributed by atoms with E-state index in [1.165, 1.54) is 10.4 Å². The lowest BCUT2D eigenvalue weighted by atomic mass is 9.87. The van der Waals surface area contributed by atoms with Gasteiger partial charge in [0.2, 0.25) is 11.8 Å². The minimum absolute atomic E-state index is 0. The summed E-state index contributed by atoms with van der Waals surface area (Å²) in [7, 11) is 1.75. The first-order valence-electron chi connectivity index (χ1n) is 7.96. The molecule has 1 N–H and O–H groups in total. The van der Waals surface area contributed by atoms with Crippen LogP contribution in [0.25, 0.3) is 0 Å². The molecule has 1 fully saturated rings. The maximum atomic E-state index is 12.7. The Morgan fingerprint density at radius 2 is 2.13 bits per heavy atom. The molecule has 5 nitrogen and oxygen atoms in total. The maximum absolute atomic E-state index is 12.7. The molecule has 0 aromatic carbocycles. The zero-order valence-electron chi connectivity index (χ0n) is 13.4. The van der Waals surface area contributed by atoms with Gasteiger partial charge in [-0.05, 0) is 36.3 Å². The molecule has 1 aliphatic heterocycles. The average Bonchev–Trinajstić information content (AvgIpc) is 3.03. The molecule has 2 amide bonds. The van der Waals surface area contributed by atoms with Gasteiger partial charge in [0, 0.05) is 38.1 Å². The molecule has 0 saturated carbocycles. The zero-order valence-corrected chi connectivity index (χ0v) is 15.0. The minimum Gasteiger partial charge on any atom is -0.339 e. The summed E-state index contributed by atoms with van der Waals surface area (Å²) >= 11 is 1.74. The molecular formula is C16H24ClN3O2S. The van der Waals surface area contributed by atoms with Gasteiger partial charge in [0.1, 0.15) is 0 Å². The molecule has 0 radical (unpaired) electrons. The first-order valence-corrected chi connectivity index (χ1v) is 8.84. The van der Waals surface area contributed by atoms with Crippen LogP contribution < -0.4 is 5.32 Å². The minimum atomic E-state index is -0.0594. The number of hydrogen-bond donors (Lipinski definition) is 1. The van der Waals surface area contributed by atoms with Gasteiger partial charge in [-0.1, -0.05) is 0 Å². The Hall–Kier alpha value is -1.11. The van der Waals surface area contributed by atoms with Crippen molar-refractivity contribution in [3.8, 4) is 0 Å². The Kier molecular flexibility index (Phi) is 6.44. The van der Waals surface area contributed by atoms with Crippen molar-refractivity contribution < 1.29 is 9.59 Å². The summed E-state index contributed by atoms with van der Waals surface area (Å²) < 4.78 is 0. The Balaban J connectivity index is 0.00000192. The predicted molar refractivity (Wildman–Crippen MR) is 94.3 cm³/mol. The maximum Gasteiger partial charge on any atom is 0.242 e. The SMILES string of the molecule is CN(CC(=O)N1CCNCC1)C(=O)C1CCCc2sccc21.Cl. The van der Waals surface area contributed by atoms with Gasteiger partial charge in [-0.25, -0.2) is 0 Å². The molecular weight excluding hydrogens is 334 g/mol. The molecule has 0 spiro atoms. The van der Waals surface area contributed by atoms with Gasteiger partial charge in [0.25, 0.3) is 0 Å². The van der Waals surface area contributed by atoms with Gasteiger partial charge < -0.3 is 15.1 Å². The molecule has 2 heterocycles. The molecule has 1 unspecified atom stereocenters. The quantitative estimate of drug-likeness (QED) is 0.891. The lowest BCUT2D eigenvalue weighted by Gasteiger charge is -2.31. The monoisotopic (exact) mass is 357 g/mol. The van der Waals surface area contributed by atoms with Crippen LogP contribution in [0.1, 0.15) is 29.2 Å². The number of aryl methyl sites for hydroxylation is 1. The highest BCUT2D eigenvalue weighted by Gasteiger charge is 2.30. The third kappa shape index (κ3) is 4.05. The highest BCUT2D eigenvalue weighted by molar-refractivity contribution is 7.10. The largest absolute Gasteiger partial charge is 0.339 e. The number of amides is 2. The number of halogens is 1. The Bertz CT molecular complexity index is 557. The van der Waals surface area contributed by atoms with Crippen molar-refractivity contribution in [3.63, 3.8) is 0 Å². The highest BCUT2D eigenvalue weighted by atomic mass is 35.5. The molecule has 1 atom stereocenters. The standard InChI is InChI=1S/C16H23N3O2S.ClH/c1-18(11-15(20)19-8-6-17-7-9-19)16(21)13-3-2-4-14-12(13)5-10-22-14;/h5,10,13,17H,2-4,6-9,11H2,1H3;1H. The average molecular weight is 358 g/mol. The number of likely N-dealkylation sites (N-methyl/N-ethyl adjacent to an activating group) is 1. The number of carbonyl (C=O) groups excluding carboxylic acids is 2. The molecule has 1 aromatic heterocycles. The van der Waals surface area contributed by atoms with E-state index in [9.17, 15) is 9.59 Å². The first-order chi connectivity index (χ1) is 10.7. The van der Waals surface area contributed by atoms with E-state index in [4.69, 9.17) is 0 Å². The molecule has 23 heavy (non-hydrogen) atoms. The molecule has 7 heteroatoms. The number of fused-ring (bicyclic) bond motifs is 1. The van der Waals surface area contributed by atoms with Crippen molar-refractivity contribution in [1.29, 1.82) is 0 Å². The van der Waals surface area contributed by atoms with Gasteiger partial charge in [0.05, 0.1) is 12.5 Å². The summed E-state index contributed by atoms with van der Waals surface area (Å²) in [5.74, 6) is 0.0809. The van der Waals surface area contributed by atoms with Gasteiger partial charge in [-0.2, -0.15) is 0 Å². The van der Waals surface area contributed by atoms with Crippen molar-refractivity contribution in [2.24, 2.45) is 0 Å². The highest BCUT2D eigenvalue weighted by Crippen LogP contribution is 2.35. The van der Waals surface area contributed by atoms with E-state index in [0.717, 1.165) is 45.4 Å². The molecule has 1 saturated heterocycles. The summed E-state index contributed by atoms with van der Waals surface area (Å²) in [6.07, 6.45) is 3.04. The molecule has 1 aliphatic carbocycles. The van der Waals surface area contributed by atoms with E-state index in [0.29, 0.717) is 0 Å². The summed E-state index contributed by atoms with van der Waals surface area (Å²) in [4.78, 5) is 29.8. The van der Waals surface area contributed by atoms with E-state index in [1.54, 1.807) is 23.3 Å². The second kappa shape index (κ2) is 8.13. The van der Waals surface area contributed by atoms with Crippen LogP contribution in [0.2, 0.25) is 0 Å². The van der Waals surface area contributed by atoms with Crippen LogP contribution in [0.15, 0.2) is 11.4 Å². The fourth-order valence-electron chi connectivity index (χ4n) is 3.30.